The molecule has 1 aromatic heterocycles. The Kier molecular flexibility index (Phi) is 5.81. The fraction of sp³-hybridized carbons (Fsp3) is 0.733. The minimum atomic E-state index is -0.0324. The molecule has 0 bridgehead atoms. The van der Waals surface area contributed by atoms with E-state index < -0.39 is 0 Å². The molecule has 2 heterocycles. The molecule has 1 saturated heterocycles. The van der Waals surface area contributed by atoms with Crippen molar-refractivity contribution in [2.75, 3.05) is 25.0 Å². The number of hydrogen-bond acceptors (Lipinski definition) is 4. The zero-order chi connectivity index (χ0) is 15.4. The molecule has 0 aromatic carbocycles. The minimum absolute atomic E-state index is 0.0324. The van der Waals surface area contributed by atoms with Gasteiger partial charge >= 0.3 is 0 Å². The van der Waals surface area contributed by atoms with Gasteiger partial charge in [0.05, 0.1) is 11.9 Å². The average Bonchev–Trinajstić information content (AvgIpc) is 2.45. The molecule has 1 aromatic rings. The van der Waals surface area contributed by atoms with Crippen molar-refractivity contribution in [1.29, 1.82) is 0 Å². The number of halogens is 1. The maximum atomic E-state index is 12.4. The highest BCUT2D eigenvalue weighted by Crippen LogP contribution is 2.28. The summed E-state index contributed by atoms with van der Waals surface area (Å²) in [4.78, 5) is 14.8. The van der Waals surface area contributed by atoms with Crippen molar-refractivity contribution in [3.63, 3.8) is 0 Å². The van der Waals surface area contributed by atoms with Gasteiger partial charge in [-0.15, -0.1) is 0 Å². The van der Waals surface area contributed by atoms with Crippen molar-refractivity contribution in [1.82, 2.24) is 15.1 Å². The van der Waals surface area contributed by atoms with Crippen LogP contribution in [0.3, 0.4) is 0 Å². The number of anilines is 1. The molecule has 1 atom stereocenters. The Balaban J connectivity index is 2.30. The SMILES string of the molecule is CNCC1CCCCN1c1cnn(CC(C)C)c(=O)c1Br. The van der Waals surface area contributed by atoms with E-state index in [9.17, 15) is 4.79 Å². The quantitative estimate of drug-likeness (QED) is 0.878. The van der Waals surface area contributed by atoms with Gasteiger partial charge in [-0.25, -0.2) is 4.68 Å². The molecule has 1 aliphatic rings. The van der Waals surface area contributed by atoms with Gasteiger partial charge in [-0.3, -0.25) is 4.79 Å². The smallest absolute Gasteiger partial charge is 0.283 e. The maximum Gasteiger partial charge on any atom is 0.283 e. The third-order valence-corrected chi connectivity index (χ3v) is 4.63. The van der Waals surface area contributed by atoms with Crippen molar-refractivity contribution in [2.24, 2.45) is 5.92 Å². The molecule has 118 valence electrons. The predicted molar refractivity (Wildman–Crippen MR) is 89.9 cm³/mol. The molecule has 0 amide bonds. The summed E-state index contributed by atoms with van der Waals surface area (Å²) >= 11 is 3.50. The zero-order valence-electron chi connectivity index (χ0n) is 13.1. The van der Waals surface area contributed by atoms with Gasteiger partial charge in [0.2, 0.25) is 0 Å². The van der Waals surface area contributed by atoms with E-state index in [0.29, 0.717) is 23.0 Å². The van der Waals surface area contributed by atoms with E-state index in [0.717, 1.165) is 25.2 Å². The van der Waals surface area contributed by atoms with Gasteiger partial charge in [-0.2, -0.15) is 5.10 Å². The Bertz CT molecular complexity index is 527. The van der Waals surface area contributed by atoms with E-state index >= 15 is 0 Å². The van der Waals surface area contributed by atoms with E-state index in [4.69, 9.17) is 0 Å². The molecule has 0 aliphatic carbocycles. The van der Waals surface area contributed by atoms with Crippen molar-refractivity contribution in [3.05, 3.63) is 21.0 Å². The normalized spacial score (nSPS) is 19.3. The molecule has 1 N–H and O–H groups in total. The lowest BCUT2D eigenvalue weighted by molar-refractivity contribution is 0.438. The van der Waals surface area contributed by atoms with Crippen LogP contribution in [0.15, 0.2) is 15.5 Å². The molecule has 2 rings (SSSR count). The van der Waals surface area contributed by atoms with Gasteiger partial charge in [-0.1, -0.05) is 13.8 Å². The molecule has 0 saturated carbocycles. The Morgan fingerprint density at radius 1 is 1.48 bits per heavy atom. The van der Waals surface area contributed by atoms with Crippen molar-refractivity contribution in [3.8, 4) is 0 Å². The van der Waals surface area contributed by atoms with Gasteiger partial charge in [0, 0.05) is 25.7 Å². The van der Waals surface area contributed by atoms with Crippen LogP contribution < -0.4 is 15.8 Å². The Labute approximate surface area is 134 Å². The maximum absolute atomic E-state index is 12.4. The van der Waals surface area contributed by atoms with Crippen LogP contribution in [-0.2, 0) is 6.54 Å². The van der Waals surface area contributed by atoms with E-state index in [1.54, 1.807) is 4.68 Å². The first-order chi connectivity index (χ1) is 10.0. The van der Waals surface area contributed by atoms with E-state index in [1.807, 2.05) is 13.2 Å². The fourth-order valence-electron chi connectivity index (χ4n) is 2.90. The second-order valence-electron chi connectivity index (χ2n) is 6.13. The lowest BCUT2D eigenvalue weighted by Crippen LogP contribution is -2.46. The van der Waals surface area contributed by atoms with Gasteiger partial charge in [-0.05, 0) is 48.2 Å². The van der Waals surface area contributed by atoms with Gasteiger partial charge in [0.15, 0.2) is 0 Å². The van der Waals surface area contributed by atoms with E-state index in [-0.39, 0.29) is 5.56 Å². The number of hydrogen-bond donors (Lipinski definition) is 1. The predicted octanol–water partition coefficient (Wildman–Crippen LogP) is 2.24. The van der Waals surface area contributed by atoms with Crippen molar-refractivity contribution in [2.45, 2.75) is 45.7 Å². The first-order valence-electron chi connectivity index (χ1n) is 7.71. The topological polar surface area (TPSA) is 50.2 Å². The number of nitrogens with one attached hydrogen (secondary N) is 1. The molecule has 1 aliphatic heterocycles. The molecule has 6 heteroatoms. The molecule has 1 fully saturated rings. The molecule has 0 radical (unpaired) electrons. The molecular weight excluding hydrogens is 332 g/mol. The second-order valence-corrected chi connectivity index (χ2v) is 6.92. The van der Waals surface area contributed by atoms with Crippen LogP contribution in [0.1, 0.15) is 33.1 Å². The number of likely N-dealkylation sites (N-methyl/N-ethyl adjacent to an activating group) is 1. The molecule has 1 unspecified atom stereocenters. The summed E-state index contributed by atoms with van der Waals surface area (Å²) in [5, 5.41) is 7.61. The highest BCUT2D eigenvalue weighted by atomic mass is 79.9. The second kappa shape index (κ2) is 7.40. The first kappa shape index (κ1) is 16.5. The molecule has 5 nitrogen and oxygen atoms in total. The summed E-state index contributed by atoms with van der Waals surface area (Å²) in [5.41, 5.74) is 0.898. The Morgan fingerprint density at radius 2 is 2.24 bits per heavy atom. The summed E-state index contributed by atoms with van der Waals surface area (Å²) < 4.78 is 2.19. The van der Waals surface area contributed by atoms with Crippen molar-refractivity contribution < 1.29 is 0 Å². The fourth-order valence-corrected chi connectivity index (χ4v) is 3.43. The van der Waals surface area contributed by atoms with Crippen LogP contribution in [0.2, 0.25) is 0 Å². The number of aromatic nitrogens is 2. The lowest BCUT2D eigenvalue weighted by atomic mass is 10.0. The lowest BCUT2D eigenvalue weighted by Gasteiger charge is -2.37. The standard InChI is InChI=1S/C15H25BrN4O/c1-11(2)10-20-15(21)14(16)13(9-18-20)19-7-5-4-6-12(19)8-17-3/h9,11-12,17H,4-8,10H2,1-3H3. The van der Waals surface area contributed by atoms with Crippen LogP contribution in [0.5, 0.6) is 0 Å². The van der Waals surface area contributed by atoms with Crippen LogP contribution in [0, 0.1) is 5.92 Å². The third-order valence-electron chi connectivity index (χ3n) is 3.88. The number of nitrogens with zero attached hydrogens (tertiary/aromatic N) is 3. The number of rotatable bonds is 5. The van der Waals surface area contributed by atoms with Gasteiger partial charge in [0.25, 0.3) is 5.56 Å². The summed E-state index contributed by atoms with van der Waals surface area (Å²) in [6, 6.07) is 0.433. The summed E-state index contributed by atoms with van der Waals surface area (Å²) in [6.45, 7) is 6.74. The highest BCUT2D eigenvalue weighted by molar-refractivity contribution is 9.10. The van der Waals surface area contributed by atoms with Crippen LogP contribution in [0.25, 0.3) is 0 Å². The summed E-state index contributed by atoms with van der Waals surface area (Å²) in [6.07, 6.45) is 5.41. The third kappa shape index (κ3) is 3.86. The van der Waals surface area contributed by atoms with Crippen molar-refractivity contribution >= 4 is 21.6 Å². The first-order valence-corrected chi connectivity index (χ1v) is 8.50. The van der Waals surface area contributed by atoms with E-state index in [1.165, 1.54) is 12.8 Å². The van der Waals surface area contributed by atoms with Crippen LogP contribution in [-0.4, -0.2) is 36.0 Å². The number of piperidine rings is 1. The van der Waals surface area contributed by atoms with Gasteiger partial charge < -0.3 is 10.2 Å². The van der Waals surface area contributed by atoms with Gasteiger partial charge in [0.1, 0.15) is 4.47 Å². The average molecular weight is 357 g/mol. The summed E-state index contributed by atoms with van der Waals surface area (Å²) in [7, 11) is 1.97. The molecule has 0 spiro atoms. The molecular formula is C15H25BrN4O. The highest BCUT2D eigenvalue weighted by Gasteiger charge is 2.25. The largest absolute Gasteiger partial charge is 0.365 e. The van der Waals surface area contributed by atoms with Crippen LogP contribution in [0.4, 0.5) is 5.69 Å². The molecule has 21 heavy (non-hydrogen) atoms. The monoisotopic (exact) mass is 356 g/mol. The Morgan fingerprint density at radius 3 is 2.90 bits per heavy atom. The Hall–Kier alpha value is -0.880. The zero-order valence-corrected chi connectivity index (χ0v) is 14.7. The van der Waals surface area contributed by atoms with E-state index in [2.05, 4.69) is 45.1 Å². The van der Waals surface area contributed by atoms with Crippen LogP contribution >= 0.6 is 15.9 Å². The summed E-state index contributed by atoms with van der Waals surface area (Å²) in [5.74, 6) is 0.403. The minimum Gasteiger partial charge on any atom is -0.365 e.